The Bertz CT molecular complexity index is 2470. The maximum Gasteiger partial charge on any atom is 0.158 e. The molecule has 6 aromatic rings. The largest absolute Gasteiger partial charge is 0.489 e. The number of hydrogen-bond acceptors (Lipinski definition) is 10. The van der Waals surface area contributed by atoms with Crippen molar-refractivity contribution in [3.8, 4) is 11.5 Å². The van der Waals surface area contributed by atoms with E-state index in [4.69, 9.17) is 9.47 Å². The fourth-order valence-corrected chi connectivity index (χ4v) is 7.63. The molecule has 0 saturated heterocycles. The fraction of sp³-hybridized carbons (Fsp3) is 0.304. The van der Waals surface area contributed by atoms with Crippen molar-refractivity contribution in [1.29, 1.82) is 0 Å². The molecular weight excluding hydrogens is 758 g/mol. The van der Waals surface area contributed by atoms with Crippen LogP contribution >= 0.6 is 0 Å². The average molecular weight is 801 g/mol. The van der Waals surface area contributed by atoms with Gasteiger partial charge in [-0.15, -0.1) is 0 Å². The van der Waals surface area contributed by atoms with E-state index in [1.54, 1.807) is 37.6 Å². The summed E-state index contributed by atoms with van der Waals surface area (Å²) in [5, 5.41) is 0. The standard InChI is InChI=1S/C23H21F2N3O2.C23H22FN3O2/c1-14-22(12-26-15(2)28-14)30-13-23(16-4-3-5-17(24)8-16)10-20(23)21(29)9-19-7-6-18(25)11-27-19;1-15-22(13-26-16(2)27-15)29-14-23(17-6-5-7-18(24)10-17)12-20(23)21(28)11-19-8-3-4-9-25-19/h3-8,11-12,20H,9-10,13H2,1-2H3;3-10,13,20H,11-12,14H2,1-2H3/t2*20-,23+/m00/s1. The van der Waals surface area contributed by atoms with Crippen molar-refractivity contribution < 1.29 is 32.2 Å². The van der Waals surface area contributed by atoms with Crippen molar-refractivity contribution in [3.63, 3.8) is 0 Å². The van der Waals surface area contributed by atoms with Gasteiger partial charge in [-0.2, -0.15) is 0 Å². The van der Waals surface area contributed by atoms with Gasteiger partial charge in [0.1, 0.15) is 40.7 Å². The first-order chi connectivity index (χ1) is 28.3. The van der Waals surface area contributed by atoms with Crippen molar-refractivity contribution in [3.05, 3.63) is 167 Å². The number of aryl methyl sites for hydroxylation is 4. The van der Waals surface area contributed by atoms with E-state index in [1.165, 1.54) is 36.4 Å². The third kappa shape index (κ3) is 9.51. The molecule has 0 unspecified atom stereocenters. The minimum absolute atomic E-state index is 0.0288. The summed E-state index contributed by atoms with van der Waals surface area (Å²) in [5.74, 6) is 0.790. The first kappa shape index (κ1) is 40.8. The summed E-state index contributed by atoms with van der Waals surface area (Å²) in [7, 11) is 0. The van der Waals surface area contributed by atoms with Gasteiger partial charge in [0.2, 0.25) is 0 Å². The summed E-state index contributed by atoms with van der Waals surface area (Å²) in [6.45, 7) is 7.77. The number of pyridine rings is 2. The van der Waals surface area contributed by atoms with Crippen LogP contribution in [0.25, 0.3) is 0 Å². The summed E-state index contributed by atoms with van der Waals surface area (Å²) in [6.07, 6.45) is 7.54. The zero-order valence-corrected chi connectivity index (χ0v) is 33.2. The van der Waals surface area contributed by atoms with Crippen molar-refractivity contribution >= 4 is 11.6 Å². The minimum Gasteiger partial charge on any atom is -0.489 e. The number of ether oxygens (including phenoxy) is 2. The lowest BCUT2D eigenvalue weighted by Gasteiger charge is -2.19. The third-order valence-corrected chi connectivity index (χ3v) is 11.0. The van der Waals surface area contributed by atoms with E-state index in [1.807, 2.05) is 51.1 Å². The van der Waals surface area contributed by atoms with Crippen molar-refractivity contribution in [2.45, 2.75) is 64.2 Å². The molecule has 2 aliphatic rings. The molecule has 2 fully saturated rings. The predicted molar refractivity (Wildman–Crippen MR) is 212 cm³/mol. The van der Waals surface area contributed by atoms with Gasteiger partial charge in [0.05, 0.1) is 43.2 Å². The highest BCUT2D eigenvalue weighted by atomic mass is 19.1. The Kier molecular flexibility index (Phi) is 11.9. The maximum absolute atomic E-state index is 13.9. The molecular formula is C46H43F3N6O4. The van der Waals surface area contributed by atoms with E-state index >= 15 is 0 Å². The van der Waals surface area contributed by atoms with Crippen molar-refractivity contribution in [1.82, 2.24) is 29.9 Å². The molecule has 4 aromatic heterocycles. The zero-order chi connectivity index (χ0) is 41.7. The number of carbonyl (C=O) groups excluding carboxylic acids is 2. The van der Waals surface area contributed by atoms with Crippen LogP contribution in [-0.2, 0) is 33.3 Å². The molecule has 10 nitrogen and oxygen atoms in total. The Morgan fingerprint density at radius 1 is 0.593 bits per heavy atom. The summed E-state index contributed by atoms with van der Waals surface area (Å²) < 4.78 is 52.9. The zero-order valence-electron chi connectivity index (χ0n) is 33.2. The molecule has 302 valence electrons. The quantitative estimate of drug-likeness (QED) is 0.108. The summed E-state index contributed by atoms with van der Waals surface area (Å²) in [5.41, 5.74) is 3.01. The van der Waals surface area contributed by atoms with Crippen LogP contribution < -0.4 is 9.47 Å². The number of hydrogen-bond donors (Lipinski definition) is 0. The molecule has 4 heterocycles. The molecule has 2 aromatic carbocycles. The van der Waals surface area contributed by atoms with Crippen LogP contribution in [-0.4, -0.2) is 54.7 Å². The van der Waals surface area contributed by atoms with E-state index in [-0.39, 0.29) is 61.1 Å². The Balaban J connectivity index is 0.000000179. The highest BCUT2D eigenvalue weighted by molar-refractivity contribution is 5.88. The van der Waals surface area contributed by atoms with Gasteiger partial charge in [-0.05, 0) is 100 Å². The van der Waals surface area contributed by atoms with Gasteiger partial charge >= 0.3 is 0 Å². The second kappa shape index (κ2) is 17.2. The molecule has 0 radical (unpaired) electrons. The van der Waals surface area contributed by atoms with Crippen LogP contribution in [0.2, 0.25) is 0 Å². The molecule has 0 bridgehead atoms. The van der Waals surface area contributed by atoms with E-state index in [2.05, 4.69) is 29.9 Å². The molecule has 13 heteroatoms. The van der Waals surface area contributed by atoms with E-state index in [9.17, 15) is 22.8 Å². The van der Waals surface area contributed by atoms with Gasteiger partial charge in [-0.3, -0.25) is 19.6 Å². The maximum atomic E-state index is 13.9. The third-order valence-electron chi connectivity index (χ3n) is 11.0. The highest BCUT2D eigenvalue weighted by Gasteiger charge is 2.60. The average Bonchev–Trinajstić information content (AvgIpc) is 4.14. The Morgan fingerprint density at radius 3 is 1.53 bits per heavy atom. The first-order valence-electron chi connectivity index (χ1n) is 19.3. The number of ketones is 2. The van der Waals surface area contributed by atoms with Gasteiger partial charge < -0.3 is 9.47 Å². The monoisotopic (exact) mass is 800 g/mol. The number of Topliss-reactive ketones (excluding diaryl/α,β-unsaturated/α-hetero) is 2. The second-order valence-electron chi connectivity index (χ2n) is 15.2. The Hall–Kier alpha value is -6.37. The molecule has 59 heavy (non-hydrogen) atoms. The molecule has 0 amide bonds. The van der Waals surface area contributed by atoms with E-state index < -0.39 is 16.6 Å². The van der Waals surface area contributed by atoms with Crippen LogP contribution in [0.4, 0.5) is 13.2 Å². The number of benzene rings is 2. The van der Waals surface area contributed by atoms with Gasteiger partial charge in [-0.25, -0.2) is 33.1 Å². The minimum atomic E-state index is -0.628. The second-order valence-corrected chi connectivity index (χ2v) is 15.2. The number of carbonyl (C=O) groups is 2. The summed E-state index contributed by atoms with van der Waals surface area (Å²) >= 11 is 0. The molecule has 2 saturated carbocycles. The lowest BCUT2D eigenvalue weighted by molar-refractivity contribution is -0.121. The van der Waals surface area contributed by atoms with Crippen LogP contribution in [0.15, 0.2) is 104 Å². The fourth-order valence-electron chi connectivity index (χ4n) is 7.63. The topological polar surface area (TPSA) is 130 Å². The molecule has 0 N–H and O–H groups in total. The molecule has 0 aliphatic heterocycles. The summed E-state index contributed by atoms with van der Waals surface area (Å²) in [6, 6.07) is 21.0. The van der Waals surface area contributed by atoms with E-state index in [0.29, 0.717) is 47.4 Å². The molecule has 2 aliphatic carbocycles. The van der Waals surface area contributed by atoms with Gasteiger partial charge in [-0.1, -0.05) is 30.3 Å². The van der Waals surface area contributed by atoms with Gasteiger partial charge in [0, 0.05) is 53.1 Å². The lowest BCUT2D eigenvalue weighted by atomic mass is 9.91. The van der Waals surface area contributed by atoms with Crippen molar-refractivity contribution in [2.24, 2.45) is 11.8 Å². The van der Waals surface area contributed by atoms with Crippen molar-refractivity contribution in [2.75, 3.05) is 13.2 Å². The number of aromatic nitrogens is 6. The molecule has 8 rings (SSSR count). The van der Waals surface area contributed by atoms with Crippen LogP contribution in [0.3, 0.4) is 0 Å². The van der Waals surface area contributed by atoms with Crippen LogP contribution in [0.5, 0.6) is 11.5 Å². The van der Waals surface area contributed by atoms with Gasteiger partial charge in [0.25, 0.3) is 0 Å². The predicted octanol–water partition coefficient (Wildman–Crippen LogP) is 7.69. The normalized spacial score (nSPS) is 20.2. The smallest absolute Gasteiger partial charge is 0.158 e. The number of nitrogens with zero attached hydrogens (tertiary/aromatic N) is 6. The number of rotatable bonds is 14. The Morgan fingerprint density at radius 2 is 1.10 bits per heavy atom. The molecule has 4 atom stereocenters. The highest BCUT2D eigenvalue weighted by Crippen LogP contribution is 2.56. The van der Waals surface area contributed by atoms with E-state index in [0.717, 1.165) is 28.7 Å². The van der Waals surface area contributed by atoms with Crippen LogP contribution in [0.1, 0.15) is 58.4 Å². The van der Waals surface area contributed by atoms with Gasteiger partial charge in [0.15, 0.2) is 11.5 Å². The Labute approximate surface area is 340 Å². The van der Waals surface area contributed by atoms with Crippen LogP contribution in [0, 0.1) is 57.0 Å². The lowest BCUT2D eigenvalue weighted by Crippen LogP contribution is -2.25. The molecule has 0 spiro atoms. The summed E-state index contributed by atoms with van der Waals surface area (Å²) in [4.78, 5) is 51.1. The number of halogens is 3. The SMILES string of the molecule is Cc1ncc(OC[C@@]2(c3cccc(F)c3)C[C@H]2C(=O)Cc2ccc(F)cn2)c(C)n1.Cc1ncc(OC[C@@]2(c3cccc(F)c3)C[C@H]2C(=O)Cc2ccccn2)c(C)n1. The first-order valence-corrected chi connectivity index (χ1v) is 19.3.